The summed E-state index contributed by atoms with van der Waals surface area (Å²) >= 11 is 0. The molecule has 0 bridgehead atoms. The van der Waals surface area contributed by atoms with Gasteiger partial charge in [-0.05, 0) is 103 Å². The Morgan fingerprint density at radius 3 is 0.738 bits per heavy atom. The van der Waals surface area contributed by atoms with Crippen LogP contribution in [-0.4, -0.2) is 0 Å². The van der Waals surface area contributed by atoms with E-state index in [0.29, 0.717) is 0 Å². The molecule has 0 aliphatic heterocycles. The molecule has 6 aromatic carbocycles. The zero-order chi connectivity index (χ0) is 45.4. The summed E-state index contributed by atoms with van der Waals surface area (Å²) in [5, 5.41) is 9.03. The Kier molecular flexibility index (Phi) is 26.3. The summed E-state index contributed by atoms with van der Waals surface area (Å²) in [6, 6.07) is 61.0. The Labute approximate surface area is 401 Å². The Balaban J connectivity index is 0.000000343. The highest BCUT2D eigenvalue weighted by Crippen LogP contribution is 2.38. The van der Waals surface area contributed by atoms with Crippen LogP contribution in [-0.2, 0) is 19.3 Å². The van der Waals surface area contributed by atoms with Gasteiger partial charge in [-0.15, -0.1) is 0 Å². The van der Waals surface area contributed by atoms with Gasteiger partial charge in [-0.1, -0.05) is 300 Å². The van der Waals surface area contributed by atoms with E-state index in [1.807, 2.05) is 0 Å². The molecule has 0 unspecified atom stereocenters. The minimum Gasteiger partial charge on any atom is -0.0654 e. The fourth-order valence-corrected chi connectivity index (χ4v) is 14.4. The highest BCUT2D eigenvalue weighted by Gasteiger charge is 2.24. The highest BCUT2D eigenvalue weighted by atomic mass is 31.1. The van der Waals surface area contributed by atoms with Gasteiger partial charge in [0.2, 0.25) is 0 Å². The second-order valence-electron chi connectivity index (χ2n) is 18.2. The third-order valence-electron chi connectivity index (χ3n) is 12.9. The molecule has 0 heterocycles. The lowest BCUT2D eigenvalue weighted by Gasteiger charge is -2.27. The van der Waals surface area contributed by atoms with Gasteiger partial charge in [0.1, 0.15) is 0 Å². The molecule has 0 amide bonds. The number of hydrogen-bond donors (Lipinski definition) is 0. The van der Waals surface area contributed by atoms with Gasteiger partial charge in [0.05, 0.1) is 0 Å². The number of hydrogen-bond acceptors (Lipinski definition) is 0. The monoisotopic (exact) mass is 903 g/mol. The molecule has 0 aromatic heterocycles. The molecule has 0 nitrogen and oxygen atoms in total. The van der Waals surface area contributed by atoms with Gasteiger partial charge in [0.25, 0.3) is 0 Å². The van der Waals surface area contributed by atoms with Crippen molar-refractivity contribution >= 4 is 47.7 Å². The molecule has 0 radical (unpaired) electrons. The van der Waals surface area contributed by atoms with E-state index in [4.69, 9.17) is 0 Å². The van der Waals surface area contributed by atoms with Gasteiger partial charge in [-0.2, -0.15) is 0 Å². The number of aryl methyl sites for hydroxylation is 3. The van der Waals surface area contributed by atoms with Crippen molar-refractivity contribution < 1.29 is 0 Å². The summed E-state index contributed by atoms with van der Waals surface area (Å²) in [4.78, 5) is 0. The largest absolute Gasteiger partial charge is 0.0654 e. The van der Waals surface area contributed by atoms with Crippen molar-refractivity contribution in [3.63, 3.8) is 0 Å². The molecule has 0 saturated heterocycles. The Bertz CT molecular complexity index is 1830. The maximum atomic E-state index is 2.50. The summed E-state index contributed by atoms with van der Waals surface area (Å²) in [5.41, 5.74) is 4.79. The molecular formula is C63H84P2. The van der Waals surface area contributed by atoms with E-state index in [9.17, 15) is 0 Å². The van der Waals surface area contributed by atoms with E-state index in [1.165, 1.54) is 170 Å². The number of rotatable bonds is 30. The third-order valence-corrected chi connectivity index (χ3v) is 18.1. The Hall–Kier alpha value is -3.82. The van der Waals surface area contributed by atoms with E-state index >= 15 is 0 Å². The van der Waals surface area contributed by atoms with Crippen LogP contribution in [0.3, 0.4) is 0 Å². The SMILES string of the molecule is CCCCCCCCCc1ccccc1P(c1ccccc1CCCCCCCCC)c1ccccc1CCCCCCCCC.c1ccc(P(c2ccccc2)c2ccccc2)cc1. The summed E-state index contributed by atoms with van der Waals surface area (Å²) in [6.07, 6.45) is 32.4. The predicted octanol–water partition coefficient (Wildman–Crippen LogP) is 16.8. The first-order chi connectivity index (χ1) is 32.2. The average molecular weight is 903 g/mol. The molecule has 0 spiro atoms. The first-order valence-corrected chi connectivity index (χ1v) is 28.9. The van der Waals surface area contributed by atoms with E-state index in [-0.39, 0.29) is 0 Å². The summed E-state index contributed by atoms with van der Waals surface area (Å²) < 4.78 is 0. The molecule has 65 heavy (non-hydrogen) atoms. The van der Waals surface area contributed by atoms with Gasteiger partial charge in [-0.3, -0.25) is 0 Å². The fourth-order valence-electron chi connectivity index (χ4n) is 9.21. The molecule has 0 N–H and O–H groups in total. The molecule has 0 aliphatic rings. The molecular weight excluding hydrogens is 819 g/mol. The van der Waals surface area contributed by atoms with Crippen LogP contribution in [0.4, 0.5) is 0 Å². The lowest BCUT2D eigenvalue weighted by atomic mass is 10.0. The summed E-state index contributed by atoms with van der Waals surface area (Å²) in [7, 11) is -1.05. The van der Waals surface area contributed by atoms with E-state index in [1.54, 1.807) is 32.6 Å². The summed E-state index contributed by atoms with van der Waals surface area (Å²) in [5.74, 6) is 0. The van der Waals surface area contributed by atoms with Crippen LogP contribution in [0.15, 0.2) is 164 Å². The minimum atomic E-state index is -0.606. The first kappa shape index (κ1) is 52.2. The van der Waals surface area contributed by atoms with Crippen LogP contribution in [0, 0.1) is 0 Å². The van der Waals surface area contributed by atoms with Crippen molar-refractivity contribution in [3.05, 3.63) is 180 Å². The van der Waals surface area contributed by atoms with Crippen LogP contribution in [0.5, 0.6) is 0 Å². The third kappa shape index (κ3) is 18.8. The predicted molar refractivity (Wildman–Crippen MR) is 295 cm³/mol. The van der Waals surface area contributed by atoms with Crippen LogP contribution in [0.2, 0.25) is 0 Å². The van der Waals surface area contributed by atoms with Gasteiger partial charge >= 0.3 is 0 Å². The maximum Gasteiger partial charge on any atom is -0.0119 e. The quantitative estimate of drug-likeness (QED) is 0.0312. The minimum absolute atomic E-state index is 0.446. The van der Waals surface area contributed by atoms with Crippen molar-refractivity contribution in [3.8, 4) is 0 Å². The van der Waals surface area contributed by atoms with Crippen LogP contribution < -0.4 is 31.8 Å². The van der Waals surface area contributed by atoms with Crippen LogP contribution in [0.25, 0.3) is 0 Å². The van der Waals surface area contributed by atoms with E-state index < -0.39 is 15.8 Å². The molecule has 0 fully saturated rings. The normalized spacial score (nSPS) is 11.2. The molecule has 2 heteroatoms. The first-order valence-electron chi connectivity index (χ1n) is 26.2. The van der Waals surface area contributed by atoms with Crippen molar-refractivity contribution in [2.75, 3.05) is 0 Å². The molecule has 0 aliphatic carbocycles. The fraction of sp³-hybridized carbons (Fsp3) is 0.429. The number of unbranched alkanes of at least 4 members (excludes halogenated alkanes) is 18. The molecule has 346 valence electrons. The topological polar surface area (TPSA) is 0 Å². The zero-order valence-electron chi connectivity index (χ0n) is 41.0. The van der Waals surface area contributed by atoms with E-state index in [0.717, 1.165) is 0 Å². The lowest BCUT2D eigenvalue weighted by molar-refractivity contribution is 0.589. The van der Waals surface area contributed by atoms with Crippen LogP contribution >= 0.6 is 15.8 Å². The lowest BCUT2D eigenvalue weighted by Crippen LogP contribution is -2.27. The van der Waals surface area contributed by atoms with Crippen molar-refractivity contribution in [2.24, 2.45) is 0 Å². The second-order valence-corrected chi connectivity index (χ2v) is 22.5. The highest BCUT2D eigenvalue weighted by molar-refractivity contribution is 7.80. The molecule has 6 rings (SSSR count). The number of benzene rings is 6. The standard InChI is InChI=1S/C45H69P.C18H15P/c1-4-7-10-13-16-19-22-31-40-34-25-28-37-43(40)46(44-38-29-26-35-41(44)32-23-20-17-14-11-8-5-2)45-39-30-27-36-42(45)33-24-21-18-15-12-9-6-3;1-4-10-16(11-5-1)19(17-12-6-2-7-13-17)18-14-8-3-9-15-18/h25-30,34-39H,4-24,31-33H2,1-3H3;1-15H. The molecule has 0 saturated carbocycles. The Morgan fingerprint density at radius 2 is 0.462 bits per heavy atom. The zero-order valence-corrected chi connectivity index (χ0v) is 42.7. The van der Waals surface area contributed by atoms with Gasteiger partial charge in [0, 0.05) is 0 Å². The van der Waals surface area contributed by atoms with Gasteiger partial charge in [-0.25, -0.2) is 0 Å². The summed E-state index contributed by atoms with van der Waals surface area (Å²) in [6.45, 7) is 6.94. The maximum absolute atomic E-state index is 2.50. The molecule has 0 atom stereocenters. The second kappa shape index (κ2) is 32.8. The van der Waals surface area contributed by atoms with Crippen molar-refractivity contribution in [1.82, 2.24) is 0 Å². The van der Waals surface area contributed by atoms with Gasteiger partial charge in [0.15, 0.2) is 0 Å². The van der Waals surface area contributed by atoms with Gasteiger partial charge < -0.3 is 0 Å². The van der Waals surface area contributed by atoms with Crippen molar-refractivity contribution in [2.45, 2.75) is 175 Å². The van der Waals surface area contributed by atoms with Crippen molar-refractivity contribution in [1.29, 1.82) is 0 Å². The average Bonchev–Trinajstić information content (AvgIpc) is 3.36. The molecule has 6 aromatic rings. The van der Waals surface area contributed by atoms with Crippen LogP contribution in [0.1, 0.15) is 172 Å². The smallest absolute Gasteiger partial charge is 0.0119 e. The Morgan fingerprint density at radius 1 is 0.231 bits per heavy atom. The van der Waals surface area contributed by atoms with E-state index in [2.05, 4.69) is 185 Å².